The van der Waals surface area contributed by atoms with Gasteiger partial charge in [0.1, 0.15) is 0 Å². The average molecular weight is 318 g/mol. The number of rotatable bonds is 4. The van der Waals surface area contributed by atoms with Crippen LogP contribution in [0.1, 0.15) is 26.2 Å². The van der Waals surface area contributed by atoms with E-state index in [9.17, 15) is 14.7 Å². The van der Waals surface area contributed by atoms with Gasteiger partial charge >= 0.3 is 5.76 Å². The summed E-state index contributed by atoms with van der Waals surface area (Å²) in [6.07, 6.45) is 1.73. The first-order valence-corrected chi connectivity index (χ1v) is 8.10. The molecule has 2 heterocycles. The summed E-state index contributed by atoms with van der Waals surface area (Å²) in [6, 6.07) is 7.21. The first-order chi connectivity index (χ1) is 11.1. The van der Waals surface area contributed by atoms with Crippen molar-refractivity contribution in [2.75, 3.05) is 13.1 Å². The molecule has 1 saturated heterocycles. The highest BCUT2D eigenvalue weighted by Gasteiger charge is 2.26. The van der Waals surface area contributed by atoms with E-state index in [2.05, 4.69) is 0 Å². The molecule has 3 rings (SSSR count). The Kier molecular flexibility index (Phi) is 4.52. The monoisotopic (exact) mass is 318 g/mol. The third-order valence-corrected chi connectivity index (χ3v) is 4.62. The van der Waals surface area contributed by atoms with Gasteiger partial charge in [0.25, 0.3) is 0 Å². The highest BCUT2D eigenvalue weighted by molar-refractivity contribution is 5.77. The molecule has 6 nitrogen and oxygen atoms in total. The van der Waals surface area contributed by atoms with Gasteiger partial charge in [0, 0.05) is 32.0 Å². The fourth-order valence-corrected chi connectivity index (χ4v) is 3.22. The summed E-state index contributed by atoms with van der Waals surface area (Å²) in [4.78, 5) is 26.1. The van der Waals surface area contributed by atoms with E-state index < -0.39 is 11.9 Å². The van der Waals surface area contributed by atoms with E-state index in [-0.39, 0.29) is 18.2 Å². The molecule has 0 spiro atoms. The average Bonchev–Trinajstić information content (AvgIpc) is 2.88. The predicted octanol–water partition coefficient (Wildman–Crippen LogP) is 1.60. The van der Waals surface area contributed by atoms with Crippen LogP contribution in [0.4, 0.5) is 0 Å². The van der Waals surface area contributed by atoms with E-state index in [1.807, 2.05) is 18.2 Å². The number of aromatic nitrogens is 1. The minimum atomic E-state index is -0.431. The molecule has 6 heteroatoms. The number of nitrogens with zero attached hydrogens (tertiary/aromatic N) is 2. The lowest BCUT2D eigenvalue weighted by atomic mass is 9.93. The smallest absolute Gasteiger partial charge is 0.408 e. The number of para-hydroxylation sites is 2. The Hall–Kier alpha value is -2.08. The summed E-state index contributed by atoms with van der Waals surface area (Å²) in [5.41, 5.74) is 1.25. The number of hydrogen-bond donors (Lipinski definition) is 1. The first-order valence-electron chi connectivity index (χ1n) is 8.10. The quantitative estimate of drug-likeness (QED) is 0.929. The number of fused-ring (bicyclic) bond motifs is 1. The number of likely N-dealkylation sites (tertiary alicyclic amines) is 1. The Morgan fingerprint density at radius 3 is 3.00 bits per heavy atom. The minimum absolute atomic E-state index is 0.0209. The number of aliphatic hydroxyl groups is 1. The van der Waals surface area contributed by atoms with Crippen LogP contribution < -0.4 is 5.76 Å². The zero-order chi connectivity index (χ0) is 16.4. The molecule has 0 bridgehead atoms. The zero-order valence-electron chi connectivity index (χ0n) is 13.3. The molecule has 2 atom stereocenters. The molecule has 1 aliphatic heterocycles. The molecule has 0 saturated carbocycles. The molecular weight excluding hydrogens is 296 g/mol. The van der Waals surface area contributed by atoms with E-state index >= 15 is 0 Å². The summed E-state index contributed by atoms with van der Waals surface area (Å²) in [5, 5.41) is 9.72. The second-order valence-corrected chi connectivity index (χ2v) is 6.22. The summed E-state index contributed by atoms with van der Waals surface area (Å²) in [6.45, 7) is 3.40. The van der Waals surface area contributed by atoms with Gasteiger partial charge < -0.3 is 14.4 Å². The molecule has 1 fully saturated rings. The summed E-state index contributed by atoms with van der Waals surface area (Å²) < 4.78 is 6.68. The van der Waals surface area contributed by atoms with Gasteiger partial charge in [-0.1, -0.05) is 12.1 Å². The van der Waals surface area contributed by atoms with Crippen LogP contribution in [0.2, 0.25) is 0 Å². The Morgan fingerprint density at radius 2 is 2.22 bits per heavy atom. The Bertz CT molecular complexity index is 746. The van der Waals surface area contributed by atoms with Gasteiger partial charge in [0.2, 0.25) is 5.91 Å². The van der Waals surface area contributed by atoms with Crippen LogP contribution in [0.25, 0.3) is 11.1 Å². The van der Waals surface area contributed by atoms with Gasteiger partial charge in [-0.25, -0.2) is 4.79 Å². The van der Waals surface area contributed by atoms with E-state index in [0.717, 1.165) is 19.4 Å². The van der Waals surface area contributed by atoms with Crippen molar-refractivity contribution < 1.29 is 14.3 Å². The van der Waals surface area contributed by atoms with Crippen molar-refractivity contribution in [3.63, 3.8) is 0 Å². The van der Waals surface area contributed by atoms with Gasteiger partial charge in [0.15, 0.2) is 5.58 Å². The molecule has 1 aromatic carbocycles. The number of hydrogen-bond acceptors (Lipinski definition) is 4. The Balaban J connectivity index is 1.66. The summed E-state index contributed by atoms with van der Waals surface area (Å²) in [7, 11) is 0. The van der Waals surface area contributed by atoms with E-state index in [0.29, 0.717) is 24.2 Å². The number of oxazole rings is 1. The molecule has 1 aliphatic rings. The van der Waals surface area contributed by atoms with Gasteiger partial charge in [0.05, 0.1) is 11.6 Å². The maximum absolute atomic E-state index is 12.4. The molecule has 2 unspecified atom stereocenters. The highest BCUT2D eigenvalue weighted by atomic mass is 16.4. The molecule has 124 valence electrons. The van der Waals surface area contributed by atoms with E-state index in [1.54, 1.807) is 17.9 Å². The number of carbonyl (C=O) groups excluding carboxylic acids is 1. The molecular formula is C17H22N2O4. The minimum Gasteiger partial charge on any atom is -0.408 e. The normalized spacial score (nSPS) is 19.9. The number of benzene rings is 1. The van der Waals surface area contributed by atoms with Crippen LogP contribution in [0.5, 0.6) is 0 Å². The van der Waals surface area contributed by atoms with Crippen LogP contribution in [-0.4, -0.2) is 39.7 Å². The highest BCUT2D eigenvalue weighted by Crippen LogP contribution is 2.20. The fourth-order valence-electron chi connectivity index (χ4n) is 3.22. The third-order valence-electron chi connectivity index (χ3n) is 4.62. The predicted molar refractivity (Wildman–Crippen MR) is 86.1 cm³/mol. The van der Waals surface area contributed by atoms with Crippen molar-refractivity contribution in [2.45, 2.75) is 38.8 Å². The number of aliphatic hydroxyl groups excluding tert-OH is 1. The maximum Gasteiger partial charge on any atom is 0.419 e. The molecule has 1 aromatic heterocycles. The summed E-state index contributed by atoms with van der Waals surface area (Å²) in [5.74, 6) is -0.266. The number of carbonyl (C=O) groups is 1. The number of piperidine rings is 1. The maximum atomic E-state index is 12.4. The van der Waals surface area contributed by atoms with E-state index in [1.165, 1.54) is 4.57 Å². The van der Waals surface area contributed by atoms with Crippen LogP contribution in [-0.2, 0) is 11.3 Å². The van der Waals surface area contributed by atoms with E-state index in [4.69, 9.17) is 4.42 Å². The lowest BCUT2D eigenvalue weighted by Crippen LogP contribution is -2.43. The molecule has 0 radical (unpaired) electrons. The number of aryl methyl sites for hydroxylation is 1. The Labute approximate surface area is 134 Å². The van der Waals surface area contributed by atoms with Crippen molar-refractivity contribution in [3.05, 3.63) is 34.8 Å². The second kappa shape index (κ2) is 6.58. The van der Waals surface area contributed by atoms with Gasteiger partial charge in [-0.3, -0.25) is 9.36 Å². The van der Waals surface area contributed by atoms with Gasteiger partial charge in [-0.05, 0) is 31.9 Å². The molecule has 23 heavy (non-hydrogen) atoms. The summed E-state index contributed by atoms with van der Waals surface area (Å²) >= 11 is 0. The van der Waals surface area contributed by atoms with Crippen molar-refractivity contribution in [2.24, 2.45) is 5.92 Å². The largest absolute Gasteiger partial charge is 0.419 e. The van der Waals surface area contributed by atoms with Crippen LogP contribution >= 0.6 is 0 Å². The SMILES string of the molecule is CC(O)C1CCCN(C(=O)CCn2c(=O)oc3ccccc32)C1. The van der Waals surface area contributed by atoms with Crippen molar-refractivity contribution >= 4 is 17.0 Å². The second-order valence-electron chi connectivity index (χ2n) is 6.22. The first kappa shape index (κ1) is 15.8. The molecule has 1 amide bonds. The zero-order valence-corrected chi connectivity index (χ0v) is 13.3. The van der Waals surface area contributed by atoms with Crippen molar-refractivity contribution in [3.8, 4) is 0 Å². The third kappa shape index (κ3) is 3.32. The van der Waals surface area contributed by atoms with Crippen LogP contribution in [0.3, 0.4) is 0 Å². The standard InChI is InChI=1S/C17H22N2O4/c1-12(20)13-5-4-9-18(11-13)16(21)8-10-19-14-6-2-3-7-15(14)23-17(19)22/h2-3,6-7,12-13,20H,4-5,8-11H2,1H3. The van der Waals surface area contributed by atoms with Crippen LogP contribution in [0.15, 0.2) is 33.5 Å². The Morgan fingerprint density at radius 1 is 1.43 bits per heavy atom. The molecule has 2 aromatic rings. The van der Waals surface area contributed by atoms with Gasteiger partial charge in [-0.15, -0.1) is 0 Å². The van der Waals surface area contributed by atoms with Crippen LogP contribution in [0, 0.1) is 5.92 Å². The number of amides is 1. The fraction of sp³-hybridized carbons (Fsp3) is 0.529. The van der Waals surface area contributed by atoms with Crippen molar-refractivity contribution in [1.29, 1.82) is 0 Å². The topological polar surface area (TPSA) is 75.7 Å². The lowest BCUT2D eigenvalue weighted by Gasteiger charge is -2.34. The van der Waals surface area contributed by atoms with Gasteiger partial charge in [-0.2, -0.15) is 0 Å². The molecule has 0 aliphatic carbocycles. The lowest BCUT2D eigenvalue weighted by molar-refractivity contribution is -0.134. The van der Waals surface area contributed by atoms with Crippen molar-refractivity contribution in [1.82, 2.24) is 9.47 Å². The molecule has 1 N–H and O–H groups in total.